The van der Waals surface area contributed by atoms with Crippen molar-refractivity contribution in [3.63, 3.8) is 0 Å². The molecular weight excluding hydrogens is 260 g/mol. The van der Waals surface area contributed by atoms with Gasteiger partial charge in [-0.15, -0.1) is 0 Å². The van der Waals surface area contributed by atoms with Crippen LogP contribution in [0, 0.1) is 5.92 Å². The van der Waals surface area contributed by atoms with Crippen molar-refractivity contribution in [2.75, 3.05) is 13.1 Å². The lowest BCUT2D eigenvalue weighted by Crippen LogP contribution is -2.41. The van der Waals surface area contributed by atoms with Crippen LogP contribution in [0.1, 0.15) is 27.2 Å². The third kappa shape index (κ3) is 6.49. The number of carbonyl (C=O) groups is 2. The van der Waals surface area contributed by atoms with Gasteiger partial charge in [0.1, 0.15) is 0 Å². The zero-order valence-electron chi connectivity index (χ0n) is 9.47. The lowest BCUT2D eigenvalue weighted by molar-refractivity contribution is -0.126. The van der Waals surface area contributed by atoms with Crippen molar-refractivity contribution in [2.45, 2.75) is 32.0 Å². The van der Waals surface area contributed by atoms with Crippen LogP contribution >= 0.6 is 15.9 Å². The normalized spacial score (nSPS) is 12.3. The van der Waals surface area contributed by atoms with Crippen molar-refractivity contribution >= 4 is 27.7 Å². The smallest absolute Gasteiger partial charge is 0.239 e. The van der Waals surface area contributed by atoms with E-state index in [0.29, 0.717) is 6.54 Å². The quantitative estimate of drug-likeness (QED) is 0.714. The first-order chi connectivity index (χ1) is 6.99. The second-order valence-electron chi connectivity index (χ2n) is 3.71. The van der Waals surface area contributed by atoms with Crippen LogP contribution in [-0.2, 0) is 9.59 Å². The molecule has 0 aliphatic rings. The molecule has 4 nitrogen and oxygen atoms in total. The van der Waals surface area contributed by atoms with Crippen LogP contribution in [0.2, 0.25) is 0 Å². The minimum atomic E-state index is -0.239. The largest absolute Gasteiger partial charge is 0.355 e. The van der Waals surface area contributed by atoms with Crippen molar-refractivity contribution in [3.05, 3.63) is 0 Å². The summed E-state index contributed by atoms with van der Waals surface area (Å²) >= 11 is 3.27. The van der Waals surface area contributed by atoms with E-state index < -0.39 is 0 Å². The Labute approximate surface area is 99.3 Å². The van der Waals surface area contributed by atoms with E-state index in [0.717, 1.165) is 6.42 Å². The first-order valence-electron chi connectivity index (χ1n) is 5.17. The number of halogens is 1. The summed E-state index contributed by atoms with van der Waals surface area (Å²) < 4.78 is 0. The number of amides is 2. The third-order valence-corrected chi connectivity index (χ3v) is 3.30. The van der Waals surface area contributed by atoms with E-state index in [1.54, 1.807) is 0 Å². The molecule has 0 aromatic rings. The molecule has 0 aromatic heterocycles. The van der Waals surface area contributed by atoms with Gasteiger partial charge in [0.2, 0.25) is 11.8 Å². The Morgan fingerprint density at radius 1 is 1.27 bits per heavy atom. The van der Waals surface area contributed by atoms with Gasteiger partial charge in [-0.25, -0.2) is 0 Å². The summed E-state index contributed by atoms with van der Waals surface area (Å²) in [6.07, 6.45) is 0.896. The molecule has 0 aliphatic carbocycles. The van der Waals surface area contributed by atoms with Gasteiger partial charge in [-0.3, -0.25) is 9.59 Å². The molecule has 2 N–H and O–H groups in total. The molecule has 1 atom stereocenters. The van der Waals surface area contributed by atoms with Gasteiger partial charge in [-0.05, 0) is 12.3 Å². The van der Waals surface area contributed by atoms with Crippen LogP contribution < -0.4 is 10.6 Å². The van der Waals surface area contributed by atoms with Crippen LogP contribution in [0.4, 0.5) is 0 Å². The maximum Gasteiger partial charge on any atom is 0.239 e. The minimum Gasteiger partial charge on any atom is -0.355 e. The Morgan fingerprint density at radius 3 is 2.33 bits per heavy atom. The summed E-state index contributed by atoms with van der Waals surface area (Å²) in [6.45, 7) is 6.56. The molecule has 0 radical (unpaired) electrons. The summed E-state index contributed by atoms with van der Waals surface area (Å²) in [6, 6.07) is 0. The average molecular weight is 279 g/mol. The summed E-state index contributed by atoms with van der Waals surface area (Å²) in [5.41, 5.74) is 0. The standard InChI is InChI=1S/C10H19BrN2O2/c1-4-5-12-8(14)6-13-10(15)9(11)7(2)3/h7,9H,4-6H2,1-3H3,(H,12,14)(H,13,15). The van der Waals surface area contributed by atoms with Crippen molar-refractivity contribution in [3.8, 4) is 0 Å². The van der Waals surface area contributed by atoms with E-state index in [1.807, 2.05) is 20.8 Å². The van der Waals surface area contributed by atoms with Crippen LogP contribution in [0.25, 0.3) is 0 Å². The molecule has 0 fully saturated rings. The summed E-state index contributed by atoms with van der Waals surface area (Å²) in [5, 5.41) is 5.26. The number of rotatable bonds is 6. The third-order valence-electron chi connectivity index (χ3n) is 1.83. The SMILES string of the molecule is CCCNC(=O)CNC(=O)C(Br)C(C)C. The molecular formula is C10H19BrN2O2. The first kappa shape index (κ1) is 14.4. The number of carbonyl (C=O) groups excluding carboxylic acids is 2. The summed E-state index contributed by atoms with van der Waals surface area (Å²) in [4.78, 5) is 22.3. The molecule has 1 unspecified atom stereocenters. The molecule has 0 heterocycles. The maximum absolute atomic E-state index is 11.4. The van der Waals surface area contributed by atoms with Crippen molar-refractivity contribution < 1.29 is 9.59 Å². The molecule has 0 saturated carbocycles. The molecule has 0 bridgehead atoms. The van der Waals surface area contributed by atoms with E-state index in [-0.39, 0.29) is 29.1 Å². The fourth-order valence-electron chi connectivity index (χ4n) is 0.895. The van der Waals surface area contributed by atoms with Gasteiger partial charge in [0, 0.05) is 6.54 Å². The zero-order chi connectivity index (χ0) is 11.8. The zero-order valence-corrected chi connectivity index (χ0v) is 11.1. The fraction of sp³-hybridized carbons (Fsp3) is 0.800. The molecule has 15 heavy (non-hydrogen) atoms. The van der Waals surface area contributed by atoms with Gasteiger partial charge < -0.3 is 10.6 Å². The molecule has 0 rings (SSSR count). The van der Waals surface area contributed by atoms with Crippen molar-refractivity contribution in [2.24, 2.45) is 5.92 Å². The van der Waals surface area contributed by atoms with Crippen LogP contribution in [0.3, 0.4) is 0 Å². The summed E-state index contributed by atoms with van der Waals surface area (Å²) in [7, 11) is 0. The number of hydrogen-bond donors (Lipinski definition) is 2. The van der Waals surface area contributed by atoms with Crippen molar-refractivity contribution in [1.82, 2.24) is 10.6 Å². The first-order valence-corrected chi connectivity index (χ1v) is 6.09. The number of alkyl halides is 1. The Kier molecular flexibility index (Phi) is 7.38. The molecule has 88 valence electrons. The van der Waals surface area contributed by atoms with Crippen LogP contribution in [-0.4, -0.2) is 29.7 Å². The van der Waals surface area contributed by atoms with Gasteiger partial charge in [0.15, 0.2) is 0 Å². The highest BCUT2D eigenvalue weighted by Crippen LogP contribution is 2.11. The molecule has 0 spiro atoms. The predicted octanol–water partition coefficient (Wildman–Crippen LogP) is 1.05. The van der Waals surface area contributed by atoms with Crippen LogP contribution in [0.5, 0.6) is 0 Å². The van der Waals surface area contributed by atoms with E-state index >= 15 is 0 Å². The van der Waals surface area contributed by atoms with Crippen LogP contribution in [0.15, 0.2) is 0 Å². The van der Waals surface area contributed by atoms with E-state index in [9.17, 15) is 9.59 Å². The lowest BCUT2D eigenvalue weighted by atomic mass is 10.1. The molecule has 0 aromatic carbocycles. The second-order valence-corrected chi connectivity index (χ2v) is 4.70. The fourth-order valence-corrected chi connectivity index (χ4v) is 1.06. The Balaban J connectivity index is 3.75. The molecule has 5 heteroatoms. The van der Waals surface area contributed by atoms with Gasteiger partial charge in [0.25, 0.3) is 0 Å². The lowest BCUT2D eigenvalue weighted by Gasteiger charge is -2.13. The predicted molar refractivity (Wildman–Crippen MR) is 63.9 cm³/mol. The summed E-state index contributed by atoms with van der Waals surface area (Å²) in [5.74, 6) is -0.0750. The molecule has 0 saturated heterocycles. The van der Waals surface area contributed by atoms with Gasteiger partial charge in [0.05, 0.1) is 11.4 Å². The van der Waals surface area contributed by atoms with Crippen molar-refractivity contribution in [1.29, 1.82) is 0 Å². The Bertz CT molecular complexity index is 219. The number of nitrogens with one attached hydrogen (secondary N) is 2. The monoisotopic (exact) mass is 278 g/mol. The average Bonchev–Trinajstić information content (AvgIpc) is 2.21. The van der Waals surface area contributed by atoms with Gasteiger partial charge in [-0.1, -0.05) is 36.7 Å². The topological polar surface area (TPSA) is 58.2 Å². The maximum atomic E-state index is 11.4. The highest BCUT2D eigenvalue weighted by atomic mass is 79.9. The highest BCUT2D eigenvalue weighted by molar-refractivity contribution is 9.10. The Morgan fingerprint density at radius 2 is 1.87 bits per heavy atom. The number of hydrogen-bond acceptors (Lipinski definition) is 2. The second kappa shape index (κ2) is 7.68. The van der Waals surface area contributed by atoms with Gasteiger partial charge in [-0.2, -0.15) is 0 Å². The Hall–Kier alpha value is -0.580. The minimum absolute atomic E-state index is 0.0493. The van der Waals surface area contributed by atoms with Gasteiger partial charge >= 0.3 is 0 Å². The molecule has 0 aliphatic heterocycles. The van der Waals surface area contributed by atoms with E-state index in [4.69, 9.17) is 0 Å². The highest BCUT2D eigenvalue weighted by Gasteiger charge is 2.18. The van der Waals surface area contributed by atoms with E-state index in [2.05, 4.69) is 26.6 Å². The van der Waals surface area contributed by atoms with E-state index in [1.165, 1.54) is 0 Å². The molecule has 2 amide bonds.